The zero-order chi connectivity index (χ0) is 22.1. The topological polar surface area (TPSA) is 64.7 Å². The number of halogens is 1. The largest absolute Gasteiger partial charge is 0.444 e. The number of aromatic nitrogens is 2. The van der Waals surface area contributed by atoms with E-state index in [-0.39, 0.29) is 6.09 Å². The van der Waals surface area contributed by atoms with Crippen molar-refractivity contribution in [1.29, 1.82) is 0 Å². The number of benzene rings is 1. The molecule has 0 bridgehead atoms. The molecule has 1 atom stereocenters. The Bertz CT molecular complexity index is 887. The number of fused-ring (bicyclic) bond motifs is 1. The molecule has 1 aliphatic heterocycles. The Hall–Kier alpha value is -1.64. The molecule has 1 unspecified atom stereocenters. The molecule has 1 amide bonds. The lowest BCUT2D eigenvalue weighted by molar-refractivity contribution is 0.0240. The third-order valence-electron chi connectivity index (χ3n) is 4.74. The van der Waals surface area contributed by atoms with Crippen LogP contribution >= 0.6 is 23.4 Å². The molecule has 1 saturated heterocycles. The van der Waals surface area contributed by atoms with Gasteiger partial charge in [0.25, 0.3) is 0 Å². The predicted octanol–water partition coefficient (Wildman–Crippen LogP) is 4.32. The molecule has 1 fully saturated rings. The number of aromatic amines is 1. The zero-order valence-electron chi connectivity index (χ0n) is 18.7. The second-order valence-corrected chi connectivity index (χ2v) is 10.8. The quantitative estimate of drug-likeness (QED) is 0.680. The van der Waals surface area contributed by atoms with E-state index in [2.05, 4.69) is 35.8 Å². The van der Waals surface area contributed by atoms with Crippen LogP contribution in [0.2, 0.25) is 5.02 Å². The lowest BCUT2D eigenvalue weighted by atomic mass is 10.2. The summed E-state index contributed by atoms with van der Waals surface area (Å²) in [5, 5.41) is 2.02. The lowest BCUT2D eigenvalue weighted by Crippen LogP contribution is -2.50. The third-order valence-corrected chi connectivity index (χ3v) is 6.01. The van der Waals surface area contributed by atoms with Crippen LogP contribution in [0.15, 0.2) is 17.3 Å². The minimum atomic E-state index is -0.484. The number of H-pyrrole nitrogens is 1. The van der Waals surface area contributed by atoms with Gasteiger partial charge in [-0.1, -0.05) is 30.3 Å². The van der Waals surface area contributed by atoms with Crippen LogP contribution in [0.25, 0.3) is 11.0 Å². The Morgan fingerprint density at radius 1 is 1.30 bits per heavy atom. The normalized spacial score (nSPS) is 16.4. The van der Waals surface area contributed by atoms with Crippen molar-refractivity contribution in [3.8, 4) is 0 Å². The SMILES string of the molecule is CC(CN(C)C)Sc1nc2cc(N3CCN(C(=O)OC(C)(C)C)CC3)c(Cl)cc2[nH]1. The van der Waals surface area contributed by atoms with Gasteiger partial charge in [-0.15, -0.1) is 0 Å². The highest BCUT2D eigenvalue weighted by molar-refractivity contribution is 7.99. The van der Waals surface area contributed by atoms with E-state index >= 15 is 0 Å². The smallest absolute Gasteiger partial charge is 0.410 e. The summed E-state index contributed by atoms with van der Waals surface area (Å²) in [5.41, 5.74) is 2.32. The molecular formula is C21H32ClN5O2S. The number of imidazole rings is 1. The Morgan fingerprint density at radius 2 is 1.97 bits per heavy atom. The van der Waals surface area contributed by atoms with Gasteiger partial charge in [0.2, 0.25) is 0 Å². The van der Waals surface area contributed by atoms with Gasteiger partial charge in [0, 0.05) is 38.0 Å². The van der Waals surface area contributed by atoms with Gasteiger partial charge < -0.3 is 24.4 Å². The van der Waals surface area contributed by atoms with Crippen molar-refractivity contribution >= 4 is 46.2 Å². The summed E-state index contributed by atoms with van der Waals surface area (Å²) in [6.45, 7) is 11.4. The van der Waals surface area contributed by atoms with Crippen LogP contribution in [0.5, 0.6) is 0 Å². The van der Waals surface area contributed by atoms with Crippen molar-refractivity contribution in [3.05, 3.63) is 17.2 Å². The zero-order valence-corrected chi connectivity index (χ0v) is 20.2. The average molecular weight is 454 g/mol. The first-order chi connectivity index (χ1) is 14.0. The number of carbonyl (C=O) groups is 1. The van der Waals surface area contributed by atoms with Crippen LogP contribution < -0.4 is 4.90 Å². The molecule has 9 heteroatoms. The van der Waals surface area contributed by atoms with Gasteiger partial charge in [0.15, 0.2) is 5.16 Å². The van der Waals surface area contributed by atoms with Gasteiger partial charge in [-0.3, -0.25) is 0 Å². The molecule has 1 aliphatic rings. The Labute approximate surface area is 188 Å². The van der Waals surface area contributed by atoms with E-state index in [0.29, 0.717) is 36.5 Å². The summed E-state index contributed by atoms with van der Waals surface area (Å²) in [5.74, 6) is 0. The van der Waals surface area contributed by atoms with E-state index < -0.39 is 5.60 Å². The van der Waals surface area contributed by atoms with Gasteiger partial charge in [-0.2, -0.15) is 0 Å². The number of anilines is 1. The third kappa shape index (κ3) is 5.95. The maximum absolute atomic E-state index is 12.3. The number of amides is 1. The number of hydrogen-bond donors (Lipinski definition) is 1. The van der Waals surface area contributed by atoms with E-state index in [4.69, 9.17) is 21.3 Å². The number of hydrogen-bond acceptors (Lipinski definition) is 6. The van der Waals surface area contributed by atoms with Gasteiger partial charge in [-0.25, -0.2) is 9.78 Å². The number of piperazine rings is 1. The molecule has 7 nitrogen and oxygen atoms in total. The highest BCUT2D eigenvalue weighted by atomic mass is 35.5. The molecule has 0 saturated carbocycles. The first kappa shape index (κ1) is 23.0. The second-order valence-electron chi connectivity index (χ2n) is 9.01. The molecular weight excluding hydrogens is 422 g/mol. The van der Waals surface area contributed by atoms with E-state index in [9.17, 15) is 4.79 Å². The van der Waals surface area contributed by atoms with Crippen LogP contribution in [0.4, 0.5) is 10.5 Å². The first-order valence-electron chi connectivity index (χ1n) is 10.3. The standard InChI is InChI=1S/C21H32ClN5O2S/c1-14(13-25(5)6)30-19-23-16-11-15(22)18(12-17(16)24-19)26-7-9-27(10-8-26)20(28)29-21(2,3)4/h11-12,14H,7-10,13H2,1-6H3,(H,23,24). The number of nitrogens with zero attached hydrogens (tertiary/aromatic N) is 4. The van der Waals surface area contributed by atoms with Crippen LogP contribution in [-0.2, 0) is 4.74 Å². The highest BCUT2D eigenvalue weighted by Crippen LogP contribution is 2.33. The fourth-order valence-electron chi connectivity index (χ4n) is 3.49. The molecule has 30 heavy (non-hydrogen) atoms. The van der Waals surface area contributed by atoms with Gasteiger partial charge in [-0.05, 0) is 47.0 Å². The molecule has 166 valence electrons. The lowest BCUT2D eigenvalue weighted by Gasteiger charge is -2.37. The number of ether oxygens (including phenoxy) is 1. The fourth-order valence-corrected chi connectivity index (χ4v) is 4.85. The Balaban J connectivity index is 1.68. The van der Waals surface area contributed by atoms with Crippen molar-refractivity contribution in [1.82, 2.24) is 19.8 Å². The molecule has 3 rings (SSSR count). The van der Waals surface area contributed by atoms with Crippen LogP contribution in [0.1, 0.15) is 27.7 Å². The fraction of sp³-hybridized carbons (Fsp3) is 0.619. The van der Waals surface area contributed by atoms with Gasteiger partial charge in [0.1, 0.15) is 5.60 Å². The molecule has 0 spiro atoms. The van der Waals surface area contributed by atoms with Crippen LogP contribution in [0.3, 0.4) is 0 Å². The minimum Gasteiger partial charge on any atom is -0.444 e. The second kappa shape index (κ2) is 9.24. The van der Waals surface area contributed by atoms with Crippen molar-refractivity contribution in [2.75, 3.05) is 51.7 Å². The van der Waals surface area contributed by atoms with E-state index in [0.717, 1.165) is 28.4 Å². The van der Waals surface area contributed by atoms with E-state index in [1.165, 1.54) is 0 Å². The summed E-state index contributed by atoms with van der Waals surface area (Å²) in [6, 6.07) is 3.98. The van der Waals surface area contributed by atoms with Gasteiger partial charge >= 0.3 is 6.09 Å². The summed E-state index contributed by atoms with van der Waals surface area (Å²) in [4.78, 5) is 26.6. The Kier molecular flexibility index (Phi) is 7.09. The van der Waals surface area contributed by atoms with Crippen molar-refractivity contribution < 1.29 is 9.53 Å². The summed E-state index contributed by atoms with van der Waals surface area (Å²) < 4.78 is 5.48. The average Bonchev–Trinajstić information content (AvgIpc) is 2.99. The van der Waals surface area contributed by atoms with Crippen LogP contribution in [-0.4, -0.2) is 83.5 Å². The number of thioether (sulfide) groups is 1. The maximum atomic E-state index is 12.3. The van der Waals surface area contributed by atoms with Crippen molar-refractivity contribution in [2.24, 2.45) is 0 Å². The number of rotatable bonds is 5. The first-order valence-corrected chi connectivity index (χ1v) is 11.5. The minimum absolute atomic E-state index is 0.260. The highest BCUT2D eigenvalue weighted by Gasteiger charge is 2.27. The predicted molar refractivity (Wildman–Crippen MR) is 125 cm³/mol. The Morgan fingerprint density at radius 3 is 2.57 bits per heavy atom. The number of carbonyl (C=O) groups excluding carboxylic acids is 1. The molecule has 0 aliphatic carbocycles. The molecule has 0 radical (unpaired) electrons. The molecule has 1 aromatic carbocycles. The molecule has 1 N–H and O–H groups in total. The molecule has 1 aromatic heterocycles. The number of nitrogens with one attached hydrogen (secondary N) is 1. The van der Waals surface area contributed by atoms with Crippen LogP contribution in [0, 0.1) is 0 Å². The van der Waals surface area contributed by atoms with Gasteiger partial charge in [0.05, 0.1) is 21.7 Å². The van der Waals surface area contributed by atoms with Crippen molar-refractivity contribution in [2.45, 2.75) is 43.7 Å². The maximum Gasteiger partial charge on any atom is 0.410 e. The summed E-state index contributed by atoms with van der Waals surface area (Å²) in [7, 11) is 4.15. The summed E-state index contributed by atoms with van der Waals surface area (Å²) >= 11 is 8.33. The summed E-state index contributed by atoms with van der Waals surface area (Å²) in [6.07, 6.45) is -0.260. The molecule has 2 heterocycles. The van der Waals surface area contributed by atoms with E-state index in [1.54, 1.807) is 16.7 Å². The van der Waals surface area contributed by atoms with E-state index in [1.807, 2.05) is 32.9 Å². The van der Waals surface area contributed by atoms with Crippen molar-refractivity contribution in [3.63, 3.8) is 0 Å². The molecule has 2 aromatic rings. The monoisotopic (exact) mass is 453 g/mol.